The Morgan fingerprint density at radius 2 is 0.662 bits per heavy atom. The van der Waals surface area contributed by atoms with Gasteiger partial charge in [-0.15, -0.1) is 0 Å². The molecule has 65 heavy (non-hydrogen) atoms. The van der Waals surface area contributed by atoms with Gasteiger partial charge in [-0.2, -0.15) is 0 Å². The molecule has 2 aromatic heterocycles. The monoisotopic (exact) mass is 838 g/mol. The van der Waals surface area contributed by atoms with E-state index >= 15 is 0 Å². The van der Waals surface area contributed by atoms with Gasteiger partial charge in [0.1, 0.15) is 11.6 Å². The lowest BCUT2D eigenvalue weighted by atomic mass is 9.73. The summed E-state index contributed by atoms with van der Waals surface area (Å²) in [4.78, 5) is 10.9. The molecule has 2 heterocycles. The molecule has 0 aliphatic heterocycles. The quantitative estimate of drug-likeness (QED) is 0.123. The van der Waals surface area contributed by atoms with E-state index in [0.29, 0.717) is 13.1 Å². The lowest BCUT2D eigenvalue weighted by Gasteiger charge is -2.30. The lowest BCUT2D eigenvalue weighted by molar-refractivity contribution is 0.489. The van der Waals surface area contributed by atoms with Crippen LogP contribution in [-0.2, 0) is 18.5 Å². The number of rotatable bonds is 12. The molecule has 4 heteroatoms. The highest BCUT2D eigenvalue weighted by molar-refractivity contribution is 5.85. The van der Waals surface area contributed by atoms with Crippen LogP contribution in [-0.4, -0.2) is 19.1 Å². The molecule has 10 aromatic rings. The Labute approximate surface area is 382 Å². The number of hydrogen-bond donors (Lipinski definition) is 0. The summed E-state index contributed by atoms with van der Waals surface area (Å²) < 4.78 is 4.88. The standard InChI is InChI=1S/C61H50N4/c1-3-61(4-2)53-39-43(41-64-57(47-27-15-7-16-28-47)55(45-23-11-5-12-24-45)62-59(64)49-31-19-9-20-32-49)35-37-51(53)52-38-36-44(40-54(52)61)42-65-58(48-29-17-8-18-30-48)56(46-25-13-6-14-26-46)63-60(65)50-33-21-10-22-34-50/h5-40H,3-4,41-42H2,1-2H3. The van der Waals surface area contributed by atoms with Gasteiger partial charge in [-0.05, 0) is 46.2 Å². The predicted octanol–water partition coefficient (Wildman–Crippen LogP) is 15.3. The largest absolute Gasteiger partial charge is 0.319 e. The smallest absolute Gasteiger partial charge is 0.141 e. The van der Waals surface area contributed by atoms with Crippen LogP contribution in [0.1, 0.15) is 48.9 Å². The average Bonchev–Trinajstić information content (AvgIpc) is 4.03. The van der Waals surface area contributed by atoms with Crippen molar-refractivity contribution >= 4 is 0 Å². The summed E-state index contributed by atoms with van der Waals surface area (Å²) in [7, 11) is 0. The molecule has 0 unspecified atom stereocenters. The fourth-order valence-electron chi connectivity index (χ4n) is 10.4. The van der Waals surface area contributed by atoms with E-state index < -0.39 is 0 Å². The topological polar surface area (TPSA) is 35.6 Å². The minimum absolute atomic E-state index is 0.139. The minimum Gasteiger partial charge on any atom is -0.319 e. The molecule has 0 fully saturated rings. The summed E-state index contributed by atoms with van der Waals surface area (Å²) in [5, 5.41) is 0. The maximum atomic E-state index is 5.46. The molecule has 0 saturated carbocycles. The van der Waals surface area contributed by atoms with Crippen LogP contribution in [0.15, 0.2) is 218 Å². The average molecular weight is 839 g/mol. The fraction of sp³-hybridized carbons (Fsp3) is 0.115. The summed E-state index contributed by atoms with van der Waals surface area (Å²) in [5.74, 6) is 1.93. The van der Waals surface area contributed by atoms with E-state index in [9.17, 15) is 0 Å². The molecule has 0 atom stereocenters. The Bertz CT molecular complexity index is 3020. The van der Waals surface area contributed by atoms with Gasteiger partial charge in [0.2, 0.25) is 0 Å². The molecule has 0 spiro atoms. The molecule has 11 rings (SSSR count). The second-order valence-corrected chi connectivity index (χ2v) is 17.2. The maximum Gasteiger partial charge on any atom is 0.141 e. The number of benzene rings is 8. The van der Waals surface area contributed by atoms with Crippen molar-refractivity contribution in [3.05, 3.63) is 241 Å². The highest BCUT2D eigenvalue weighted by Gasteiger charge is 2.41. The minimum atomic E-state index is -0.139. The predicted molar refractivity (Wildman–Crippen MR) is 269 cm³/mol. The zero-order valence-corrected chi connectivity index (χ0v) is 36.9. The van der Waals surface area contributed by atoms with E-state index in [1.54, 1.807) is 0 Å². The Balaban J connectivity index is 1.03. The highest BCUT2D eigenvalue weighted by atomic mass is 15.1. The lowest BCUT2D eigenvalue weighted by Crippen LogP contribution is -2.23. The first-order chi connectivity index (χ1) is 32.1. The summed E-state index contributed by atoms with van der Waals surface area (Å²) >= 11 is 0. The summed E-state index contributed by atoms with van der Waals surface area (Å²) in [5.41, 5.74) is 18.9. The van der Waals surface area contributed by atoms with Crippen molar-refractivity contribution in [3.63, 3.8) is 0 Å². The van der Waals surface area contributed by atoms with Crippen molar-refractivity contribution in [3.8, 4) is 78.9 Å². The van der Waals surface area contributed by atoms with E-state index in [0.717, 1.165) is 80.6 Å². The fourth-order valence-corrected chi connectivity index (χ4v) is 10.4. The molecule has 0 radical (unpaired) electrons. The third-order valence-electron chi connectivity index (χ3n) is 13.6. The molecule has 0 N–H and O–H groups in total. The Morgan fingerprint density at radius 3 is 0.985 bits per heavy atom. The first-order valence-electron chi connectivity index (χ1n) is 22.9. The molecule has 4 nitrogen and oxygen atoms in total. The Hall–Kier alpha value is -7.82. The van der Waals surface area contributed by atoms with Crippen molar-refractivity contribution in [2.75, 3.05) is 0 Å². The van der Waals surface area contributed by atoms with Gasteiger partial charge in [-0.25, -0.2) is 9.97 Å². The van der Waals surface area contributed by atoms with Gasteiger partial charge < -0.3 is 9.13 Å². The van der Waals surface area contributed by atoms with Crippen LogP contribution in [0.3, 0.4) is 0 Å². The van der Waals surface area contributed by atoms with Gasteiger partial charge in [0.05, 0.1) is 22.8 Å². The van der Waals surface area contributed by atoms with Crippen LogP contribution < -0.4 is 0 Å². The second-order valence-electron chi connectivity index (χ2n) is 17.2. The molecule has 0 amide bonds. The van der Waals surface area contributed by atoms with E-state index in [1.165, 1.54) is 33.4 Å². The molecular formula is C61H50N4. The molecule has 0 saturated heterocycles. The maximum absolute atomic E-state index is 5.46. The SMILES string of the molecule is CCC1(CC)c2cc(Cn3c(-c4ccccc4)nc(-c4ccccc4)c3-c3ccccc3)ccc2-c2ccc(Cn3c(-c4ccccc4)nc(-c4ccccc4)c3-c3ccccc3)cc21. The van der Waals surface area contributed by atoms with Crippen molar-refractivity contribution < 1.29 is 0 Å². The van der Waals surface area contributed by atoms with Crippen molar-refractivity contribution in [2.45, 2.75) is 45.2 Å². The normalized spacial score (nSPS) is 12.5. The molecule has 1 aliphatic carbocycles. The van der Waals surface area contributed by atoms with Crippen LogP contribution in [0.25, 0.3) is 78.9 Å². The van der Waals surface area contributed by atoms with Gasteiger partial charge in [-0.1, -0.05) is 232 Å². The second kappa shape index (κ2) is 17.0. The van der Waals surface area contributed by atoms with Crippen LogP contribution in [0, 0.1) is 0 Å². The van der Waals surface area contributed by atoms with Crippen LogP contribution in [0.5, 0.6) is 0 Å². The molecule has 1 aliphatic rings. The van der Waals surface area contributed by atoms with E-state index in [-0.39, 0.29) is 5.41 Å². The van der Waals surface area contributed by atoms with E-state index in [2.05, 4.69) is 241 Å². The number of fused-ring (bicyclic) bond motifs is 3. The molecule has 8 aromatic carbocycles. The van der Waals surface area contributed by atoms with Gasteiger partial charge >= 0.3 is 0 Å². The van der Waals surface area contributed by atoms with Crippen LogP contribution in [0.2, 0.25) is 0 Å². The molecule has 314 valence electrons. The van der Waals surface area contributed by atoms with Gasteiger partial charge in [0.15, 0.2) is 0 Å². The van der Waals surface area contributed by atoms with E-state index in [4.69, 9.17) is 9.97 Å². The zero-order valence-electron chi connectivity index (χ0n) is 36.9. The zero-order chi connectivity index (χ0) is 43.7. The number of nitrogens with zero attached hydrogens (tertiary/aromatic N) is 4. The van der Waals surface area contributed by atoms with Crippen LogP contribution >= 0.6 is 0 Å². The van der Waals surface area contributed by atoms with Crippen molar-refractivity contribution in [2.24, 2.45) is 0 Å². The van der Waals surface area contributed by atoms with Gasteiger partial charge in [0, 0.05) is 51.9 Å². The molecular weight excluding hydrogens is 789 g/mol. The first kappa shape index (κ1) is 40.0. The summed E-state index contributed by atoms with van der Waals surface area (Å²) in [6, 6.07) is 78.6. The Kier molecular flexibility index (Phi) is 10.5. The molecule has 0 bridgehead atoms. The van der Waals surface area contributed by atoms with Crippen molar-refractivity contribution in [1.82, 2.24) is 19.1 Å². The number of imidazole rings is 2. The summed E-state index contributed by atoms with van der Waals surface area (Å²) in [6.07, 6.45) is 2.00. The van der Waals surface area contributed by atoms with E-state index in [1.807, 2.05) is 0 Å². The van der Waals surface area contributed by atoms with Crippen molar-refractivity contribution in [1.29, 1.82) is 0 Å². The third-order valence-corrected chi connectivity index (χ3v) is 13.6. The Morgan fingerprint density at radius 1 is 0.354 bits per heavy atom. The third kappa shape index (κ3) is 7.12. The van der Waals surface area contributed by atoms with Crippen LogP contribution in [0.4, 0.5) is 0 Å². The highest BCUT2D eigenvalue weighted by Crippen LogP contribution is 2.53. The number of hydrogen-bond acceptors (Lipinski definition) is 2. The summed E-state index contributed by atoms with van der Waals surface area (Å²) in [6.45, 7) is 6.10. The number of aromatic nitrogens is 4. The van der Waals surface area contributed by atoms with Gasteiger partial charge in [-0.3, -0.25) is 0 Å². The van der Waals surface area contributed by atoms with Gasteiger partial charge in [0.25, 0.3) is 0 Å². The first-order valence-corrected chi connectivity index (χ1v) is 22.9.